The monoisotopic (exact) mass is 412 g/mol. The van der Waals surface area contributed by atoms with Gasteiger partial charge in [-0.1, -0.05) is 108 Å². The maximum absolute atomic E-state index is 12.1. The lowest BCUT2D eigenvalue weighted by molar-refractivity contribution is -0.119. The molecule has 0 aliphatic rings. The zero-order valence-electron chi connectivity index (χ0n) is 17.8. The van der Waals surface area contributed by atoms with E-state index in [1.165, 1.54) is 57.8 Å². The minimum Gasteiger partial charge on any atom is -0.332 e. The van der Waals surface area contributed by atoms with Crippen molar-refractivity contribution < 1.29 is 4.79 Å². The molecule has 0 aliphatic carbocycles. The third-order valence-electron chi connectivity index (χ3n) is 5.30. The highest BCUT2D eigenvalue weighted by Crippen LogP contribution is 2.22. The molecule has 0 heterocycles. The predicted octanol–water partition coefficient (Wildman–Crippen LogP) is 7.35. The average Bonchev–Trinajstić information content (AvgIpc) is 2.72. The van der Waals surface area contributed by atoms with Crippen molar-refractivity contribution >= 4 is 39.7 Å². The fourth-order valence-corrected chi connectivity index (χ4v) is 3.85. The molecule has 0 spiro atoms. The van der Waals surface area contributed by atoms with Crippen LogP contribution in [0.25, 0.3) is 10.8 Å². The van der Waals surface area contributed by atoms with E-state index in [-0.39, 0.29) is 5.91 Å². The van der Waals surface area contributed by atoms with Crippen LogP contribution in [0.3, 0.4) is 0 Å². The summed E-state index contributed by atoms with van der Waals surface area (Å²) in [4.78, 5) is 12.1. The quantitative estimate of drug-likeness (QED) is 0.267. The number of fused-ring (bicyclic) bond motifs is 1. The maximum atomic E-state index is 12.1. The van der Waals surface area contributed by atoms with Gasteiger partial charge in [-0.15, -0.1) is 0 Å². The van der Waals surface area contributed by atoms with Crippen LogP contribution in [0.4, 0.5) is 5.69 Å². The average molecular weight is 413 g/mol. The summed E-state index contributed by atoms with van der Waals surface area (Å²) >= 11 is 5.32. The van der Waals surface area contributed by atoms with Crippen LogP contribution in [0.2, 0.25) is 0 Å². The topological polar surface area (TPSA) is 41.1 Å². The van der Waals surface area contributed by atoms with E-state index >= 15 is 0 Å². The Kier molecular flexibility index (Phi) is 11.4. The summed E-state index contributed by atoms with van der Waals surface area (Å²) in [6.07, 6.45) is 14.6. The number of carbonyl (C=O) groups is 1. The molecule has 0 unspecified atom stereocenters. The van der Waals surface area contributed by atoms with Crippen LogP contribution in [0.1, 0.15) is 84.0 Å². The highest BCUT2D eigenvalue weighted by atomic mass is 32.1. The number of anilines is 1. The Hall–Kier alpha value is -1.94. The van der Waals surface area contributed by atoms with Gasteiger partial charge in [-0.2, -0.15) is 0 Å². The predicted molar refractivity (Wildman–Crippen MR) is 129 cm³/mol. The number of thiocarbonyl (C=S) groups is 1. The molecule has 2 aromatic carbocycles. The van der Waals surface area contributed by atoms with Gasteiger partial charge in [-0.05, 0) is 30.1 Å². The van der Waals surface area contributed by atoms with Gasteiger partial charge in [0.15, 0.2) is 5.11 Å². The van der Waals surface area contributed by atoms with E-state index in [4.69, 9.17) is 12.2 Å². The molecule has 29 heavy (non-hydrogen) atoms. The maximum Gasteiger partial charge on any atom is 0.226 e. The number of amides is 1. The molecule has 158 valence electrons. The van der Waals surface area contributed by atoms with E-state index in [1.807, 2.05) is 30.3 Å². The normalized spacial score (nSPS) is 10.8. The summed E-state index contributed by atoms with van der Waals surface area (Å²) in [5, 5.41) is 8.58. The SMILES string of the molecule is CCCCCCCCCCCCCC(=O)NC(=S)Nc1cccc2ccccc12. The van der Waals surface area contributed by atoms with E-state index in [0.29, 0.717) is 11.5 Å². The zero-order valence-corrected chi connectivity index (χ0v) is 18.7. The number of nitrogens with one attached hydrogen (secondary N) is 2. The molecule has 0 saturated carbocycles. The van der Waals surface area contributed by atoms with Crippen LogP contribution < -0.4 is 10.6 Å². The molecule has 2 rings (SSSR count). The Morgan fingerprint density at radius 2 is 1.38 bits per heavy atom. The van der Waals surface area contributed by atoms with Crippen LogP contribution in [0.5, 0.6) is 0 Å². The van der Waals surface area contributed by atoms with Crippen molar-refractivity contribution in [2.24, 2.45) is 0 Å². The Balaban J connectivity index is 1.54. The van der Waals surface area contributed by atoms with E-state index in [2.05, 4.69) is 29.7 Å². The van der Waals surface area contributed by atoms with Crippen molar-refractivity contribution in [1.29, 1.82) is 0 Å². The van der Waals surface area contributed by atoms with Crippen LogP contribution in [-0.2, 0) is 4.79 Å². The molecule has 3 nitrogen and oxygen atoms in total. The van der Waals surface area contributed by atoms with E-state index in [0.717, 1.165) is 29.3 Å². The first-order chi connectivity index (χ1) is 14.2. The molecular weight excluding hydrogens is 376 g/mol. The van der Waals surface area contributed by atoms with Crippen LogP contribution in [0.15, 0.2) is 42.5 Å². The molecule has 2 N–H and O–H groups in total. The van der Waals surface area contributed by atoms with Gasteiger partial charge in [0, 0.05) is 17.5 Å². The number of unbranched alkanes of at least 4 members (excludes halogenated alkanes) is 10. The Bertz CT molecular complexity index is 754. The third kappa shape index (κ3) is 9.40. The largest absolute Gasteiger partial charge is 0.332 e. The van der Waals surface area contributed by atoms with Crippen molar-refractivity contribution in [2.75, 3.05) is 5.32 Å². The number of rotatable bonds is 13. The molecule has 0 bridgehead atoms. The number of hydrogen-bond acceptors (Lipinski definition) is 2. The van der Waals surface area contributed by atoms with E-state index in [1.54, 1.807) is 0 Å². The molecule has 0 atom stereocenters. The molecule has 0 saturated heterocycles. The summed E-state index contributed by atoms with van der Waals surface area (Å²) in [5.41, 5.74) is 0.920. The summed E-state index contributed by atoms with van der Waals surface area (Å²) in [7, 11) is 0. The van der Waals surface area contributed by atoms with Gasteiger partial charge in [0.25, 0.3) is 0 Å². The van der Waals surface area contributed by atoms with Crippen molar-refractivity contribution in [3.63, 3.8) is 0 Å². The second kappa shape index (κ2) is 14.1. The minimum atomic E-state index is -0.00124. The molecule has 0 fully saturated rings. The van der Waals surface area contributed by atoms with Crippen molar-refractivity contribution in [2.45, 2.75) is 84.0 Å². The number of carbonyl (C=O) groups excluding carboxylic acids is 1. The fourth-order valence-electron chi connectivity index (χ4n) is 3.63. The van der Waals surface area contributed by atoms with Crippen molar-refractivity contribution in [1.82, 2.24) is 5.32 Å². The summed E-state index contributed by atoms with van der Waals surface area (Å²) in [6, 6.07) is 14.2. The Morgan fingerprint density at radius 1 is 0.793 bits per heavy atom. The molecule has 0 radical (unpaired) electrons. The summed E-state index contributed by atoms with van der Waals surface area (Å²) in [5.74, 6) is -0.00124. The standard InChI is InChI=1S/C25H36N2OS/c1-2-3-4-5-6-7-8-9-10-11-12-20-24(28)27-25(29)26-23-19-15-17-21-16-13-14-18-22(21)23/h13-19H,2-12,20H2,1H3,(H2,26,27,28,29). The molecule has 0 aliphatic heterocycles. The summed E-state index contributed by atoms with van der Waals surface area (Å²) < 4.78 is 0. The molecular formula is C25H36N2OS. The van der Waals surface area contributed by atoms with E-state index < -0.39 is 0 Å². The molecule has 1 amide bonds. The second-order valence-corrected chi connectivity index (χ2v) is 8.22. The smallest absolute Gasteiger partial charge is 0.226 e. The van der Waals surface area contributed by atoms with Gasteiger partial charge in [-0.3, -0.25) is 4.79 Å². The Labute approximate surface area is 181 Å². The van der Waals surface area contributed by atoms with Crippen molar-refractivity contribution in [3.8, 4) is 0 Å². The summed E-state index contributed by atoms with van der Waals surface area (Å²) in [6.45, 7) is 2.26. The van der Waals surface area contributed by atoms with Gasteiger partial charge in [-0.25, -0.2) is 0 Å². The van der Waals surface area contributed by atoms with Gasteiger partial charge in [0.05, 0.1) is 0 Å². The Morgan fingerprint density at radius 3 is 2.07 bits per heavy atom. The number of hydrogen-bond donors (Lipinski definition) is 2. The first-order valence-corrected chi connectivity index (χ1v) is 11.7. The van der Waals surface area contributed by atoms with Crippen LogP contribution >= 0.6 is 12.2 Å². The molecule has 2 aromatic rings. The van der Waals surface area contributed by atoms with Gasteiger partial charge >= 0.3 is 0 Å². The molecule has 0 aromatic heterocycles. The first kappa shape index (κ1) is 23.3. The van der Waals surface area contributed by atoms with Crippen molar-refractivity contribution in [3.05, 3.63) is 42.5 Å². The van der Waals surface area contributed by atoms with E-state index in [9.17, 15) is 4.79 Å². The highest BCUT2D eigenvalue weighted by Gasteiger charge is 2.06. The van der Waals surface area contributed by atoms with Crippen LogP contribution in [0, 0.1) is 0 Å². The fraction of sp³-hybridized carbons (Fsp3) is 0.520. The third-order valence-corrected chi connectivity index (χ3v) is 5.50. The lowest BCUT2D eigenvalue weighted by atomic mass is 10.1. The highest BCUT2D eigenvalue weighted by molar-refractivity contribution is 7.80. The minimum absolute atomic E-state index is 0.00124. The second-order valence-electron chi connectivity index (χ2n) is 7.81. The molecule has 4 heteroatoms. The van der Waals surface area contributed by atoms with Gasteiger partial charge < -0.3 is 10.6 Å². The van der Waals surface area contributed by atoms with Crippen LogP contribution in [-0.4, -0.2) is 11.0 Å². The number of benzene rings is 2. The lowest BCUT2D eigenvalue weighted by Crippen LogP contribution is -2.33. The van der Waals surface area contributed by atoms with Gasteiger partial charge in [0.2, 0.25) is 5.91 Å². The lowest BCUT2D eigenvalue weighted by Gasteiger charge is -2.12. The van der Waals surface area contributed by atoms with Gasteiger partial charge in [0.1, 0.15) is 0 Å². The zero-order chi connectivity index (χ0) is 20.7. The first-order valence-electron chi connectivity index (χ1n) is 11.3.